The number of anilines is 1. The molecule has 0 radical (unpaired) electrons. The first-order valence-electron chi connectivity index (χ1n) is 10.8. The topological polar surface area (TPSA) is 73.9 Å². The normalized spacial score (nSPS) is 10.8. The van der Waals surface area contributed by atoms with Crippen molar-refractivity contribution in [2.45, 2.75) is 20.3 Å². The lowest BCUT2D eigenvalue weighted by Crippen LogP contribution is -2.12. The molecule has 3 aromatic rings. The molecule has 8 heteroatoms. The molecule has 1 N–H and O–H groups in total. The Bertz CT molecular complexity index is 1170. The number of rotatable bonds is 10. The third kappa shape index (κ3) is 6.23. The highest BCUT2D eigenvalue weighted by Crippen LogP contribution is 2.36. The fourth-order valence-electron chi connectivity index (χ4n) is 3.14. The monoisotopic (exact) mass is 483 g/mol. The van der Waals surface area contributed by atoms with Gasteiger partial charge < -0.3 is 19.5 Å². The van der Waals surface area contributed by atoms with Gasteiger partial charge in [0, 0.05) is 17.0 Å². The minimum Gasteiger partial charge on any atom is -0.493 e. The van der Waals surface area contributed by atoms with Crippen LogP contribution in [0.4, 0.5) is 9.39 Å². The first-order valence-corrected chi connectivity index (χ1v) is 11.7. The lowest BCUT2D eigenvalue weighted by atomic mass is 10.0. The number of halogens is 1. The van der Waals surface area contributed by atoms with E-state index in [0.29, 0.717) is 34.2 Å². The highest BCUT2D eigenvalue weighted by molar-refractivity contribution is 7.15. The average molecular weight is 484 g/mol. The molecule has 3 rings (SSSR count). The maximum Gasteiger partial charge on any atom is 0.341 e. The number of thiophene rings is 1. The van der Waals surface area contributed by atoms with Crippen molar-refractivity contribution in [3.8, 4) is 22.6 Å². The Balaban J connectivity index is 1.81. The quantitative estimate of drug-likeness (QED) is 0.275. The SMILES string of the molecule is CCCOc1ccc(/C=C/C(=O)Nc2scc(-c3ccc(F)cc3)c2C(=O)OCC)cc1OC. The number of ether oxygens (including phenoxy) is 3. The van der Waals surface area contributed by atoms with E-state index >= 15 is 0 Å². The molecular formula is C26H26FNO5S. The molecule has 0 saturated carbocycles. The number of nitrogens with one attached hydrogen (secondary N) is 1. The Morgan fingerprint density at radius 2 is 1.85 bits per heavy atom. The van der Waals surface area contributed by atoms with Crippen molar-refractivity contribution in [3.63, 3.8) is 0 Å². The molecule has 2 aromatic carbocycles. The van der Waals surface area contributed by atoms with Gasteiger partial charge in [0.1, 0.15) is 16.4 Å². The Labute approximate surface area is 202 Å². The molecule has 34 heavy (non-hydrogen) atoms. The number of benzene rings is 2. The zero-order valence-corrected chi connectivity index (χ0v) is 20.0. The number of carbonyl (C=O) groups excluding carboxylic acids is 2. The molecule has 0 aliphatic heterocycles. The molecule has 0 aliphatic rings. The second kappa shape index (κ2) is 12.0. The van der Waals surface area contributed by atoms with Gasteiger partial charge in [0.2, 0.25) is 5.91 Å². The Morgan fingerprint density at radius 1 is 1.09 bits per heavy atom. The van der Waals surface area contributed by atoms with Crippen molar-refractivity contribution in [2.75, 3.05) is 25.6 Å². The maximum atomic E-state index is 13.3. The van der Waals surface area contributed by atoms with E-state index in [4.69, 9.17) is 14.2 Å². The molecule has 1 aromatic heterocycles. The number of esters is 1. The van der Waals surface area contributed by atoms with E-state index in [2.05, 4.69) is 5.32 Å². The fourth-order valence-corrected chi connectivity index (χ4v) is 4.10. The van der Waals surface area contributed by atoms with Gasteiger partial charge in [-0.3, -0.25) is 4.79 Å². The molecule has 178 valence electrons. The third-order valence-corrected chi connectivity index (χ3v) is 5.63. The van der Waals surface area contributed by atoms with Crippen molar-refractivity contribution in [1.82, 2.24) is 0 Å². The first kappa shape index (κ1) is 25.0. The van der Waals surface area contributed by atoms with Crippen LogP contribution in [0.3, 0.4) is 0 Å². The minimum absolute atomic E-state index is 0.185. The van der Waals surface area contributed by atoms with E-state index in [1.165, 1.54) is 29.5 Å². The molecule has 0 atom stereocenters. The molecule has 0 unspecified atom stereocenters. The van der Waals surface area contributed by atoms with E-state index in [0.717, 1.165) is 12.0 Å². The van der Waals surface area contributed by atoms with Crippen molar-refractivity contribution in [2.24, 2.45) is 0 Å². The molecule has 0 saturated heterocycles. The van der Waals surface area contributed by atoms with Crippen molar-refractivity contribution in [3.05, 3.63) is 70.9 Å². The number of methoxy groups -OCH3 is 1. The van der Waals surface area contributed by atoms with E-state index in [1.54, 1.807) is 49.8 Å². The van der Waals surface area contributed by atoms with Gasteiger partial charge in [0.05, 0.1) is 20.3 Å². The molecule has 0 fully saturated rings. The summed E-state index contributed by atoms with van der Waals surface area (Å²) in [4.78, 5) is 25.3. The standard InChI is InChI=1S/C26H26FNO5S/c1-4-14-33-21-12-6-17(15-22(21)31-3)7-13-23(29)28-25-24(26(30)32-5-2)20(16-34-25)18-8-10-19(27)11-9-18/h6-13,15-16H,4-5,14H2,1-3H3,(H,28,29)/b13-7+. The van der Waals surface area contributed by atoms with Crippen LogP contribution in [0.1, 0.15) is 36.2 Å². The summed E-state index contributed by atoms with van der Waals surface area (Å²) in [6, 6.07) is 11.2. The van der Waals surface area contributed by atoms with E-state index in [1.807, 2.05) is 13.0 Å². The number of carbonyl (C=O) groups is 2. The maximum absolute atomic E-state index is 13.3. The van der Waals surface area contributed by atoms with Gasteiger partial charge in [-0.1, -0.05) is 25.1 Å². The fraction of sp³-hybridized carbons (Fsp3) is 0.231. The molecule has 0 bridgehead atoms. The van der Waals surface area contributed by atoms with Gasteiger partial charge in [-0.05, 0) is 54.8 Å². The van der Waals surface area contributed by atoms with Crippen molar-refractivity contribution < 1.29 is 28.2 Å². The Morgan fingerprint density at radius 3 is 2.53 bits per heavy atom. The van der Waals surface area contributed by atoms with Gasteiger partial charge >= 0.3 is 5.97 Å². The van der Waals surface area contributed by atoms with Gasteiger partial charge in [0.25, 0.3) is 0 Å². The van der Waals surface area contributed by atoms with Crippen LogP contribution in [0.2, 0.25) is 0 Å². The van der Waals surface area contributed by atoms with Crippen LogP contribution in [0.25, 0.3) is 17.2 Å². The van der Waals surface area contributed by atoms with E-state index in [-0.39, 0.29) is 18.0 Å². The molecule has 0 spiro atoms. The average Bonchev–Trinajstić information content (AvgIpc) is 3.25. The molecule has 1 heterocycles. The predicted octanol–water partition coefficient (Wildman–Crippen LogP) is 6.18. The zero-order chi connectivity index (χ0) is 24.5. The van der Waals surface area contributed by atoms with Gasteiger partial charge in [-0.15, -0.1) is 11.3 Å². The summed E-state index contributed by atoms with van der Waals surface area (Å²) >= 11 is 1.20. The number of hydrogen-bond acceptors (Lipinski definition) is 6. The lowest BCUT2D eigenvalue weighted by Gasteiger charge is -2.10. The molecule has 6 nitrogen and oxygen atoms in total. The predicted molar refractivity (Wildman–Crippen MR) is 132 cm³/mol. The van der Waals surface area contributed by atoms with Crippen molar-refractivity contribution in [1.29, 1.82) is 0 Å². The highest BCUT2D eigenvalue weighted by Gasteiger charge is 2.22. The Kier molecular flexibility index (Phi) is 8.81. The molecular weight excluding hydrogens is 457 g/mol. The first-order chi connectivity index (χ1) is 16.5. The Hall–Kier alpha value is -3.65. The summed E-state index contributed by atoms with van der Waals surface area (Å²) in [5.41, 5.74) is 2.20. The van der Waals surface area contributed by atoms with Gasteiger partial charge in [0.15, 0.2) is 11.5 Å². The summed E-state index contributed by atoms with van der Waals surface area (Å²) in [5, 5.41) is 4.84. The summed E-state index contributed by atoms with van der Waals surface area (Å²) in [6.45, 7) is 4.49. The summed E-state index contributed by atoms with van der Waals surface area (Å²) < 4.78 is 29.5. The zero-order valence-electron chi connectivity index (χ0n) is 19.2. The number of amides is 1. The molecule has 1 amide bonds. The lowest BCUT2D eigenvalue weighted by molar-refractivity contribution is -0.111. The van der Waals surface area contributed by atoms with Crippen LogP contribution in [-0.2, 0) is 9.53 Å². The summed E-state index contributed by atoms with van der Waals surface area (Å²) in [5.74, 6) is -0.144. The largest absolute Gasteiger partial charge is 0.493 e. The molecule has 0 aliphatic carbocycles. The van der Waals surface area contributed by atoms with Crippen LogP contribution >= 0.6 is 11.3 Å². The second-order valence-electron chi connectivity index (χ2n) is 7.16. The van der Waals surface area contributed by atoms with Crippen LogP contribution in [0.15, 0.2) is 53.9 Å². The van der Waals surface area contributed by atoms with Crippen LogP contribution in [0, 0.1) is 5.82 Å². The third-order valence-electron chi connectivity index (χ3n) is 4.74. The minimum atomic E-state index is -0.560. The summed E-state index contributed by atoms with van der Waals surface area (Å²) in [7, 11) is 1.56. The van der Waals surface area contributed by atoms with Crippen LogP contribution in [-0.4, -0.2) is 32.2 Å². The highest BCUT2D eigenvalue weighted by atomic mass is 32.1. The second-order valence-corrected chi connectivity index (χ2v) is 8.04. The van der Waals surface area contributed by atoms with Gasteiger partial charge in [-0.2, -0.15) is 0 Å². The van der Waals surface area contributed by atoms with E-state index < -0.39 is 11.9 Å². The van der Waals surface area contributed by atoms with Crippen LogP contribution in [0.5, 0.6) is 11.5 Å². The van der Waals surface area contributed by atoms with Crippen LogP contribution < -0.4 is 14.8 Å². The van der Waals surface area contributed by atoms with E-state index in [9.17, 15) is 14.0 Å². The van der Waals surface area contributed by atoms with Crippen molar-refractivity contribution >= 4 is 34.3 Å². The van der Waals surface area contributed by atoms with Gasteiger partial charge in [-0.25, -0.2) is 9.18 Å². The summed E-state index contributed by atoms with van der Waals surface area (Å²) in [6.07, 6.45) is 3.89. The number of hydrogen-bond donors (Lipinski definition) is 1. The smallest absolute Gasteiger partial charge is 0.341 e.